The highest BCUT2D eigenvalue weighted by Gasteiger charge is 2.10. The van der Waals surface area contributed by atoms with Crippen LogP contribution in [-0.4, -0.2) is 14.8 Å². The Morgan fingerprint density at radius 1 is 1.54 bits per heavy atom. The van der Waals surface area contributed by atoms with Gasteiger partial charge in [0.25, 0.3) is 0 Å². The van der Waals surface area contributed by atoms with Gasteiger partial charge in [0.05, 0.1) is 12.4 Å². The van der Waals surface area contributed by atoms with Crippen molar-refractivity contribution in [2.24, 2.45) is 0 Å². The first-order valence-corrected chi connectivity index (χ1v) is 4.27. The first-order valence-electron chi connectivity index (χ1n) is 3.89. The van der Waals surface area contributed by atoms with Crippen LogP contribution in [0.25, 0.3) is 11.0 Å². The van der Waals surface area contributed by atoms with E-state index in [1.54, 1.807) is 10.9 Å². The first kappa shape index (κ1) is 8.44. The van der Waals surface area contributed by atoms with Crippen LogP contribution in [0.2, 0.25) is 5.02 Å². The smallest absolute Gasteiger partial charge is 0.162 e. The summed E-state index contributed by atoms with van der Waals surface area (Å²) in [5.74, 6) is -0.510. The highest BCUT2D eigenvalue weighted by molar-refractivity contribution is 6.35. The number of aryl methyl sites for hydroxylation is 1. The lowest BCUT2D eigenvalue weighted by Gasteiger charge is -2.00. The van der Waals surface area contributed by atoms with Crippen molar-refractivity contribution in [3.63, 3.8) is 0 Å². The van der Waals surface area contributed by atoms with E-state index >= 15 is 0 Å². The molecule has 13 heavy (non-hydrogen) atoms. The van der Waals surface area contributed by atoms with Crippen LogP contribution in [0.1, 0.15) is 6.92 Å². The molecule has 0 radical (unpaired) electrons. The van der Waals surface area contributed by atoms with E-state index in [2.05, 4.69) is 10.1 Å². The van der Waals surface area contributed by atoms with E-state index in [9.17, 15) is 4.39 Å². The fraction of sp³-hybridized carbons (Fsp3) is 0.250. The lowest BCUT2D eigenvalue weighted by molar-refractivity contribution is 0.620. The summed E-state index contributed by atoms with van der Waals surface area (Å²) in [7, 11) is 0. The molecule has 0 fully saturated rings. The second-order valence-electron chi connectivity index (χ2n) is 2.61. The van der Waals surface area contributed by atoms with Gasteiger partial charge in [0.2, 0.25) is 0 Å². The van der Waals surface area contributed by atoms with E-state index in [-0.39, 0.29) is 5.02 Å². The fourth-order valence-corrected chi connectivity index (χ4v) is 1.47. The lowest BCUT2D eigenvalue weighted by Crippen LogP contribution is -1.97. The van der Waals surface area contributed by atoms with Gasteiger partial charge < -0.3 is 0 Å². The predicted molar refractivity (Wildman–Crippen MR) is 48.2 cm³/mol. The average molecular weight is 200 g/mol. The molecule has 0 aromatic carbocycles. The topological polar surface area (TPSA) is 30.7 Å². The van der Waals surface area contributed by atoms with Crippen molar-refractivity contribution in [2.75, 3.05) is 0 Å². The quantitative estimate of drug-likeness (QED) is 0.705. The summed E-state index contributed by atoms with van der Waals surface area (Å²) in [4.78, 5) is 3.87. The van der Waals surface area contributed by atoms with Crippen molar-refractivity contribution in [2.45, 2.75) is 13.5 Å². The third-order valence-corrected chi connectivity index (χ3v) is 2.21. The van der Waals surface area contributed by atoms with Crippen molar-refractivity contribution in [1.29, 1.82) is 0 Å². The van der Waals surface area contributed by atoms with Crippen molar-refractivity contribution in [3.05, 3.63) is 23.2 Å². The highest BCUT2D eigenvalue weighted by atomic mass is 35.5. The largest absolute Gasteiger partial charge is 0.262 e. The zero-order chi connectivity index (χ0) is 9.42. The summed E-state index contributed by atoms with van der Waals surface area (Å²) in [6, 6.07) is 0. The van der Waals surface area contributed by atoms with Crippen LogP contribution in [0, 0.1) is 5.82 Å². The summed E-state index contributed by atoms with van der Waals surface area (Å²) in [5, 5.41) is 4.11. The summed E-state index contributed by atoms with van der Waals surface area (Å²) >= 11 is 5.78. The molecule has 3 nitrogen and oxygen atoms in total. The Bertz CT molecular complexity index is 452. The number of aromatic nitrogens is 3. The average Bonchev–Trinajstić information content (AvgIpc) is 2.55. The number of fused-ring (bicyclic) bond motifs is 1. The van der Waals surface area contributed by atoms with Crippen LogP contribution in [0.15, 0.2) is 12.4 Å². The van der Waals surface area contributed by atoms with Gasteiger partial charge in [0.1, 0.15) is 16.1 Å². The fourth-order valence-electron chi connectivity index (χ4n) is 1.23. The molecule has 0 atom stereocenters. The standard InChI is InChI=1S/C8H7ClFN3/c1-2-13-8-6(4-12-13)11-3-5(10)7(8)9/h3-4H,2H2,1H3. The molecule has 0 saturated heterocycles. The van der Waals surface area contributed by atoms with Crippen molar-refractivity contribution < 1.29 is 4.39 Å². The Kier molecular flexibility index (Phi) is 1.92. The second kappa shape index (κ2) is 2.96. The third kappa shape index (κ3) is 1.18. The minimum atomic E-state index is -0.510. The van der Waals surface area contributed by atoms with E-state index in [1.807, 2.05) is 6.92 Å². The molecule has 2 aromatic rings. The first-order chi connectivity index (χ1) is 6.24. The van der Waals surface area contributed by atoms with E-state index in [1.165, 1.54) is 0 Å². The number of pyridine rings is 1. The molecule has 2 rings (SSSR count). The van der Waals surface area contributed by atoms with Crippen molar-refractivity contribution >= 4 is 22.6 Å². The van der Waals surface area contributed by atoms with Gasteiger partial charge in [-0.25, -0.2) is 9.37 Å². The normalized spacial score (nSPS) is 11.0. The lowest BCUT2D eigenvalue weighted by atomic mass is 10.4. The molecule has 0 unspecified atom stereocenters. The number of hydrogen-bond donors (Lipinski definition) is 0. The molecule has 0 saturated carbocycles. The number of nitrogens with zero attached hydrogens (tertiary/aromatic N) is 3. The summed E-state index contributed by atoms with van der Waals surface area (Å²) in [5.41, 5.74) is 1.18. The minimum Gasteiger partial charge on any atom is -0.262 e. The maximum atomic E-state index is 13.0. The maximum absolute atomic E-state index is 13.0. The summed E-state index contributed by atoms with van der Waals surface area (Å²) in [6.45, 7) is 2.56. The number of hydrogen-bond acceptors (Lipinski definition) is 2. The van der Waals surface area contributed by atoms with Crippen LogP contribution in [0.4, 0.5) is 4.39 Å². The molecule has 0 amide bonds. The molecular weight excluding hydrogens is 193 g/mol. The summed E-state index contributed by atoms with van der Waals surface area (Å²) < 4.78 is 14.6. The highest BCUT2D eigenvalue weighted by Crippen LogP contribution is 2.23. The van der Waals surface area contributed by atoms with Gasteiger partial charge >= 0.3 is 0 Å². The summed E-state index contributed by atoms with van der Waals surface area (Å²) in [6.07, 6.45) is 2.68. The van der Waals surface area contributed by atoms with E-state index in [0.29, 0.717) is 17.6 Å². The van der Waals surface area contributed by atoms with Crippen molar-refractivity contribution in [1.82, 2.24) is 14.8 Å². The van der Waals surface area contributed by atoms with Gasteiger partial charge in [-0.3, -0.25) is 4.68 Å². The maximum Gasteiger partial charge on any atom is 0.162 e. The zero-order valence-electron chi connectivity index (χ0n) is 6.96. The Balaban J connectivity index is 2.85. The molecular formula is C8H7ClFN3. The molecule has 68 valence electrons. The monoisotopic (exact) mass is 199 g/mol. The molecule has 0 aliphatic heterocycles. The van der Waals surface area contributed by atoms with E-state index in [4.69, 9.17) is 11.6 Å². The molecule has 2 aromatic heterocycles. The molecule has 0 aliphatic rings. The van der Waals surface area contributed by atoms with E-state index < -0.39 is 5.82 Å². The van der Waals surface area contributed by atoms with E-state index in [0.717, 1.165) is 6.20 Å². The van der Waals surface area contributed by atoms with Crippen LogP contribution < -0.4 is 0 Å². The molecule has 0 bridgehead atoms. The third-order valence-electron chi connectivity index (χ3n) is 1.85. The Labute approximate surface area is 79.1 Å². The minimum absolute atomic E-state index is 0.0874. The van der Waals surface area contributed by atoms with Gasteiger partial charge in [-0.05, 0) is 6.92 Å². The van der Waals surface area contributed by atoms with Crippen molar-refractivity contribution in [3.8, 4) is 0 Å². The Morgan fingerprint density at radius 3 is 3.00 bits per heavy atom. The Hall–Kier alpha value is -1.16. The SMILES string of the molecule is CCn1ncc2ncc(F)c(Cl)c21. The zero-order valence-corrected chi connectivity index (χ0v) is 7.72. The molecule has 0 N–H and O–H groups in total. The van der Waals surface area contributed by atoms with Gasteiger partial charge in [0, 0.05) is 6.54 Å². The molecule has 0 spiro atoms. The predicted octanol–water partition coefficient (Wildman–Crippen LogP) is 2.24. The molecule has 0 aliphatic carbocycles. The second-order valence-corrected chi connectivity index (χ2v) is 2.99. The van der Waals surface area contributed by atoms with Gasteiger partial charge in [-0.1, -0.05) is 11.6 Å². The number of rotatable bonds is 1. The van der Waals surface area contributed by atoms with Crippen LogP contribution in [-0.2, 0) is 6.54 Å². The van der Waals surface area contributed by atoms with Crippen LogP contribution in [0.3, 0.4) is 0 Å². The number of halogens is 2. The van der Waals surface area contributed by atoms with Gasteiger partial charge in [0.15, 0.2) is 5.82 Å². The van der Waals surface area contributed by atoms with Crippen LogP contribution in [0.5, 0.6) is 0 Å². The Morgan fingerprint density at radius 2 is 2.31 bits per heavy atom. The van der Waals surface area contributed by atoms with Gasteiger partial charge in [-0.2, -0.15) is 5.10 Å². The molecule has 5 heteroatoms. The van der Waals surface area contributed by atoms with Crippen LogP contribution >= 0.6 is 11.6 Å². The van der Waals surface area contributed by atoms with Gasteiger partial charge in [-0.15, -0.1) is 0 Å². The molecule has 2 heterocycles.